The predicted molar refractivity (Wildman–Crippen MR) is 118 cm³/mol. The molecule has 0 spiro atoms. The van der Waals surface area contributed by atoms with Crippen molar-refractivity contribution >= 4 is 17.4 Å². The van der Waals surface area contributed by atoms with E-state index in [1.54, 1.807) is 6.92 Å². The lowest BCUT2D eigenvalue weighted by molar-refractivity contribution is -0.131. The quantitative estimate of drug-likeness (QED) is 0.573. The second kappa shape index (κ2) is 8.99. The number of Topliss-reactive ketones (excluding diaryl/α,β-unsaturated/α-hetero) is 1. The van der Waals surface area contributed by atoms with Crippen molar-refractivity contribution in [3.05, 3.63) is 78.1 Å². The Hall–Kier alpha value is -3.34. The van der Waals surface area contributed by atoms with Gasteiger partial charge in [-0.1, -0.05) is 30.3 Å². The third kappa shape index (κ3) is 4.62. The average molecular weight is 402 g/mol. The highest BCUT2D eigenvalue weighted by atomic mass is 16.3. The molecule has 0 bridgehead atoms. The number of aryl methyl sites for hydroxylation is 1. The van der Waals surface area contributed by atoms with Gasteiger partial charge in [0.05, 0.1) is 0 Å². The summed E-state index contributed by atoms with van der Waals surface area (Å²) >= 11 is 0. The number of hydrogen-bond donors (Lipinski definition) is 0. The van der Waals surface area contributed by atoms with Gasteiger partial charge in [0.1, 0.15) is 11.5 Å². The minimum absolute atomic E-state index is 0.0735. The zero-order valence-electron chi connectivity index (χ0n) is 17.2. The van der Waals surface area contributed by atoms with Crippen LogP contribution in [-0.4, -0.2) is 42.8 Å². The summed E-state index contributed by atoms with van der Waals surface area (Å²) in [5.41, 5.74) is 2.86. The van der Waals surface area contributed by atoms with Crippen LogP contribution in [0.3, 0.4) is 0 Å². The van der Waals surface area contributed by atoms with Crippen LogP contribution < -0.4 is 4.90 Å². The molecule has 0 aliphatic carbocycles. The Kier molecular flexibility index (Phi) is 5.98. The molecule has 0 saturated carbocycles. The molecule has 0 atom stereocenters. The largest absolute Gasteiger partial charge is 0.461 e. The molecule has 4 rings (SSSR count). The number of anilines is 1. The van der Waals surface area contributed by atoms with Crippen molar-refractivity contribution in [2.24, 2.45) is 0 Å². The number of amides is 1. The number of nitrogens with zero attached hydrogens (tertiary/aromatic N) is 2. The third-order valence-electron chi connectivity index (χ3n) is 5.58. The average Bonchev–Trinajstić information content (AvgIpc) is 3.27. The fourth-order valence-electron chi connectivity index (χ4n) is 3.78. The first-order chi connectivity index (χ1) is 14.6. The van der Waals surface area contributed by atoms with Gasteiger partial charge in [0.25, 0.3) is 0 Å². The van der Waals surface area contributed by atoms with Gasteiger partial charge in [-0.3, -0.25) is 9.59 Å². The van der Waals surface area contributed by atoms with Gasteiger partial charge >= 0.3 is 0 Å². The number of rotatable bonds is 6. The molecule has 1 aliphatic heterocycles. The smallest absolute Gasteiger partial charge is 0.223 e. The Morgan fingerprint density at radius 1 is 0.867 bits per heavy atom. The third-order valence-corrected chi connectivity index (χ3v) is 5.58. The maximum Gasteiger partial charge on any atom is 0.223 e. The Morgan fingerprint density at radius 3 is 2.23 bits per heavy atom. The minimum atomic E-state index is 0.0735. The topological polar surface area (TPSA) is 53.8 Å². The number of furan rings is 1. The zero-order valence-corrected chi connectivity index (χ0v) is 17.2. The second-order valence-electron chi connectivity index (χ2n) is 7.60. The lowest BCUT2D eigenvalue weighted by atomic mass is 10.1. The van der Waals surface area contributed by atoms with Crippen molar-refractivity contribution in [1.29, 1.82) is 0 Å². The summed E-state index contributed by atoms with van der Waals surface area (Å²) in [7, 11) is 0. The van der Waals surface area contributed by atoms with E-state index in [4.69, 9.17) is 4.42 Å². The van der Waals surface area contributed by atoms with E-state index >= 15 is 0 Å². The molecule has 3 aromatic rings. The number of carbonyl (C=O) groups excluding carboxylic acids is 2. The van der Waals surface area contributed by atoms with Gasteiger partial charge in [-0.25, -0.2) is 0 Å². The van der Waals surface area contributed by atoms with Gasteiger partial charge in [-0.05, 0) is 43.3 Å². The molecule has 5 nitrogen and oxygen atoms in total. The van der Waals surface area contributed by atoms with E-state index in [2.05, 4.69) is 4.90 Å². The molecular formula is C25H26N2O3. The van der Waals surface area contributed by atoms with E-state index in [1.165, 1.54) is 0 Å². The summed E-state index contributed by atoms with van der Waals surface area (Å²) < 4.78 is 5.91. The molecular weight excluding hydrogens is 376 g/mol. The van der Waals surface area contributed by atoms with Gasteiger partial charge in [0.2, 0.25) is 5.91 Å². The van der Waals surface area contributed by atoms with Gasteiger partial charge < -0.3 is 14.2 Å². The molecule has 0 radical (unpaired) electrons. The van der Waals surface area contributed by atoms with Crippen molar-refractivity contribution in [2.45, 2.75) is 19.8 Å². The minimum Gasteiger partial charge on any atom is -0.461 e. The first kappa shape index (κ1) is 20.0. The van der Waals surface area contributed by atoms with Crippen LogP contribution in [0.5, 0.6) is 0 Å². The predicted octanol–water partition coefficient (Wildman–Crippen LogP) is 4.43. The highest BCUT2D eigenvalue weighted by Crippen LogP contribution is 2.23. The zero-order chi connectivity index (χ0) is 20.9. The molecule has 0 N–H and O–H groups in total. The lowest BCUT2D eigenvalue weighted by Crippen LogP contribution is -2.48. The van der Waals surface area contributed by atoms with Crippen LogP contribution in [0.15, 0.2) is 71.1 Å². The fraction of sp³-hybridized carbons (Fsp3) is 0.280. The summed E-state index contributed by atoms with van der Waals surface area (Å²) in [6, 6.07) is 21.6. The SMILES string of the molecule is CC(=O)c1ccc(N2CCN(C(=O)CCc3ccc(-c4ccccc4)o3)CC2)cc1. The molecule has 2 aromatic carbocycles. The number of benzene rings is 2. The standard InChI is InChI=1S/C25H26N2O3/c1-19(28)20-7-9-22(10-8-20)26-15-17-27(18-16-26)25(29)14-12-23-11-13-24(30-23)21-5-3-2-4-6-21/h2-11,13H,12,14-18H2,1H3. The molecule has 0 unspecified atom stereocenters. The molecule has 1 saturated heterocycles. The Bertz CT molecular complexity index is 1000. The van der Waals surface area contributed by atoms with E-state index in [9.17, 15) is 9.59 Å². The highest BCUT2D eigenvalue weighted by Gasteiger charge is 2.21. The Labute approximate surface area is 176 Å². The molecule has 30 heavy (non-hydrogen) atoms. The number of carbonyl (C=O) groups is 2. The van der Waals surface area contributed by atoms with E-state index in [0.717, 1.165) is 41.4 Å². The summed E-state index contributed by atoms with van der Waals surface area (Å²) in [5, 5.41) is 0. The van der Waals surface area contributed by atoms with Crippen molar-refractivity contribution in [1.82, 2.24) is 4.90 Å². The normalized spacial score (nSPS) is 14.0. The molecule has 1 fully saturated rings. The molecule has 1 aliphatic rings. The van der Waals surface area contributed by atoms with E-state index in [1.807, 2.05) is 71.6 Å². The van der Waals surface area contributed by atoms with E-state index < -0.39 is 0 Å². The summed E-state index contributed by atoms with van der Waals surface area (Å²) in [5.74, 6) is 1.91. The first-order valence-corrected chi connectivity index (χ1v) is 10.4. The van der Waals surface area contributed by atoms with Crippen LogP contribution in [-0.2, 0) is 11.2 Å². The van der Waals surface area contributed by atoms with Crippen LogP contribution in [0, 0.1) is 0 Å². The molecule has 2 heterocycles. The summed E-state index contributed by atoms with van der Waals surface area (Å²) in [4.78, 5) is 28.3. The van der Waals surface area contributed by atoms with Crippen LogP contribution in [0.2, 0.25) is 0 Å². The van der Waals surface area contributed by atoms with Crippen LogP contribution in [0.4, 0.5) is 5.69 Å². The molecule has 154 valence electrons. The number of piperazine rings is 1. The van der Waals surface area contributed by atoms with Gasteiger partial charge in [-0.2, -0.15) is 0 Å². The monoisotopic (exact) mass is 402 g/mol. The van der Waals surface area contributed by atoms with Crippen molar-refractivity contribution in [3.8, 4) is 11.3 Å². The van der Waals surface area contributed by atoms with Gasteiger partial charge in [-0.15, -0.1) is 0 Å². The molecule has 1 aromatic heterocycles. The van der Waals surface area contributed by atoms with E-state index in [0.29, 0.717) is 25.9 Å². The summed E-state index contributed by atoms with van der Waals surface area (Å²) in [6.07, 6.45) is 1.06. The van der Waals surface area contributed by atoms with Crippen molar-refractivity contribution in [2.75, 3.05) is 31.1 Å². The second-order valence-corrected chi connectivity index (χ2v) is 7.60. The fourth-order valence-corrected chi connectivity index (χ4v) is 3.78. The van der Waals surface area contributed by atoms with Gasteiger partial charge in [0.15, 0.2) is 5.78 Å². The number of ketones is 1. The van der Waals surface area contributed by atoms with Crippen LogP contribution in [0.1, 0.15) is 29.5 Å². The maximum atomic E-state index is 12.6. The molecule has 5 heteroatoms. The first-order valence-electron chi connectivity index (χ1n) is 10.4. The maximum absolute atomic E-state index is 12.6. The van der Waals surface area contributed by atoms with Crippen molar-refractivity contribution in [3.63, 3.8) is 0 Å². The van der Waals surface area contributed by atoms with Crippen LogP contribution >= 0.6 is 0 Å². The van der Waals surface area contributed by atoms with E-state index in [-0.39, 0.29) is 11.7 Å². The van der Waals surface area contributed by atoms with Gasteiger partial charge in [0, 0.05) is 55.8 Å². The Morgan fingerprint density at radius 2 is 1.57 bits per heavy atom. The summed E-state index contributed by atoms with van der Waals surface area (Å²) in [6.45, 7) is 4.58. The van der Waals surface area contributed by atoms with Crippen LogP contribution in [0.25, 0.3) is 11.3 Å². The number of hydrogen-bond acceptors (Lipinski definition) is 4. The van der Waals surface area contributed by atoms with Crippen molar-refractivity contribution < 1.29 is 14.0 Å². The lowest BCUT2D eigenvalue weighted by Gasteiger charge is -2.36. The Balaban J connectivity index is 1.26. The highest BCUT2D eigenvalue weighted by molar-refractivity contribution is 5.94. The molecule has 1 amide bonds.